The van der Waals surface area contributed by atoms with Gasteiger partial charge in [0.05, 0.1) is 55.6 Å². The number of rotatable bonds is 14. The highest BCUT2D eigenvalue weighted by atomic mass is 79.9. The number of alkyl halides is 1. The van der Waals surface area contributed by atoms with E-state index in [9.17, 15) is 8.42 Å². The molecule has 0 bridgehead atoms. The maximum atomic E-state index is 11.3. The quantitative estimate of drug-likeness (QED) is 0.0936. The largest absolute Gasteiger partial charge is 0.348 e. The Morgan fingerprint density at radius 3 is 1.07 bits per heavy atom. The van der Waals surface area contributed by atoms with Crippen molar-refractivity contribution in [2.45, 2.75) is 211 Å². The first-order chi connectivity index (χ1) is 26.0. The number of halogens is 2. The van der Waals surface area contributed by atoms with E-state index in [-0.39, 0.29) is 30.2 Å². The van der Waals surface area contributed by atoms with E-state index in [2.05, 4.69) is 59.1 Å². The van der Waals surface area contributed by atoms with Crippen LogP contribution in [0.5, 0.6) is 0 Å². The maximum absolute atomic E-state index is 11.3. The van der Waals surface area contributed by atoms with Crippen LogP contribution in [0.4, 0.5) is 0 Å². The molecule has 0 aromatic carbocycles. The molecule has 4 heterocycles. The van der Waals surface area contributed by atoms with Crippen molar-refractivity contribution in [3.05, 3.63) is 0 Å². The Hall–Kier alpha value is 1.80. The Kier molecular flexibility index (Phi) is 15.6. The smallest absolute Gasteiger partial charge is 0.238 e. The van der Waals surface area contributed by atoms with E-state index in [0.717, 1.165) is 41.9 Å². The average Bonchev–Trinajstić information content (AvgIpc) is 3.89. The van der Waals surface area contributed by atoms with Crippen LogP contribution >= 0.6 is 69.8 Å². The Bertz CT molecular complexity index is 1360. The van der Waals surface area contributed by atoms with E-state index < -0.39 is 31.2 Å². The van der Waals surface area contributed by atoms with Gasteiger partial charge in [-0.15, -0.1) is 0 Å². The Morgan fingerprint density at radius 2 is 0.857 bits per heavy atom. The molecule has 4 aliphatic heterocycles. The van der Waals surface area contributed by atoms with Crippen molar-refractivity contribution in [1.82, 2.24) is 0 Å². The summed E-state index contributed by atoms with van der Waals surface area (Å²) in [5.41, 5.74) is 0. The lowest BCUT2D eigenvalue weighted by Gasteiger charge is -2.24. The summed E-state index contributed by atoms with van der Waals surface area (Å²) in [6, 6.07) is 0. The standard InChI is InChI=1S/C18H30O4S2.C9H15ClO4S.C6H11BrO2.C6H10S2/c1-15(2)19-11-13(21-15)9-17(5-6-17)23-24-18(7-8-18)10-14-12-20-16(3,4)22-14;1-8(2)13-6-7(14-8)5-9(3-4-9)15(10,11)12;1-6(2)8-4-5(3-7)9-6;1-2-5(1)7-8-6-3-4-6/h13-14H,5-12H2,1-4H3;7H,3-6H2,1-2H3;5H,3-4H2,1-2H3;5-6H,1-4H2/t13-,14-;7-;5-;/m000./s1. The summed E-state index contributed by atoms with van der Waals surface area (Å²) in [4.78, 5) is 0. The summed E-state index contributed by atoms with van der Waals surface area (Å²) in [5.74, 6) is -1.76. The van der Waals surface area contributed by atoms with E-state index in [1.807, 2.05) is 55.4 Å². The van der Waals surface area contributed by atoms with Crippen molar-refractivity contribution in [3.63, 3.8) is 0 Å². The first-order valence-corrected chi connectivity index (χ1v) is 28.3. The highest BCUT2D eigenvalue weighted by molar-refractivity contribution is 9.09. The van der Waals surface area contributed by atoms with Crippen molar-refractivity contribution in [2.75, 3.05) is 31.8 Å². The zero-order chi connectivity index (χ0) is 40.7. The van der Waals surface area contributed by atoms with Crippen LogP contribution in [0.2, 0.25) is 0 Å². The van der Waals surface area contributed by atoms with Crippen molar-refractivity contribution in [2.24, 2.45) is 0 Å². The lowest BCUT2D eigenvalue weighted by Crippen LogP contribution is -2.28. The molecule has 0 aromatic heterocycles. The minimum Gasteiger partial charge on any atom is -0.348 e. The second-order valence-corrected chi connectivity index (χ2v) is 28.4. The average molecular weight is 971 g/mol. The van der Waals surface area contributed by atoms with Crippen LogP contribution in [-0.2, 0) is 46.9 Å². The van der Waals surface area contributed by atoms with Gasteiger partial charge in [0.15, 0.2) is 23.1 Å². The summed E-state index contributed by atoms with van der Waals surface area (Å²) in [5, 5.41) is 2.97. The molecule has 9 rings (SSSR count). The lowest BCUT2D eigenvalue weighted by molar-refractivity contribution is -0.139. The van der Waals surface area contributed by atoms with Gasteiger partial charge in [-0.25, -0.2) is 8.42 Å². The van der Waals surface area contributed by atoms with Gasteiger partial charge in [0, 0.05) is 36.0 Å². The second-order valence-electron chi connectivity index (χ2n) is 18.8. The highest BCUT2D eigenvalue weighted by Gasteiger charge is 2.56. The van der Waals surface area contributed by atoms with E-state index in [4.69, 9.17) is 48.6 Å². The SMILES string of the molecule is C1CC1SSC1CC1.CC1(C)OC[C@H](CBr)O1.CC1(C)OC[C@H](CC2(S(=O)(=O)Cl)CC2)O1.CC1(C)OC[C@H](CC2(SSC3(C[C@H]4COC(C)(C)O4)CC3)CC2)O1. The number of hydrogen-bond donors (Lipinski definition) is 0. The summed E-state index contributed by atoms with van der Waals surface area (Å²) in [7, 11) is 10.4. The summed E-state index contributed by atoms with van der Waals surface area (Å²) < 4.78 is 67.9. The van der Waals surface area contributed by atoms with Gasteiger partial charge < -0.3 is 37.9 Å². The summed E-state index contributed by atoms with van der Waals surface area (Å²) in [6.45, 7) is 18.2. The van der Waals surface area contributed by atoms with Gasteiger partial charge in [0.1, 0.15) is 0 Å². The molecule has 0 unspecified atom stereocenters. The predicted octanol–water partition coefficient (Wildman–Crippen LogP) is 10.4. The van der Waals surface area contributed by atoms with Crippen LogP contribution in [-0.4, -0.2) is 112 Å². The van der Waals surface area contributed by atoms with Crippen LogP contribution in [0.3, 0.4) is 0 Å². The fourth-order valence-corrected chi connectivity index (χ4v) is 15.8. The molecule has 0 amide bonds. The second kappa shape index (κ2) is 18.5. The van der Waals surface area contributed by atoms with Crippen molar-refractivity contribution in [3.8, 4) is 0 Å². The molecule has 9 aliphatic rings. The van der Waals surface area contributed by atoms with Crippen LogP contribution in [0.15, 0.2) is 0 Å². The van der Waals surface area contributed by atoms with Gasteiger partial charge in [-0.05, 0) is 139 Å². The van der Waals surface area contributed by atoms with Crippen LogP contribution < -0.4 is 0 Å². The Morgan fingerprint density at radius 1 is 0.536 bits per heavy atom. The zero-order valence-electron chi connectivity index (χ0n) is 34.6. The normalized spacial score (nSPS) is 34.2. The molecule has 10 nitrogen and oxygen atoms in total. The topological polar surface area (TPSA) is 108 Å². The first kappa shape index (κ1) is 47.3. The molecule has 326 valence electrons. The summed E-state index contributed by atoms with van der Waals surface area (Å²) >= 11 is 3.32. The Balaban J connectivity index is 0.000000141. The lowest BCUT2D eigenvalue weighted by atomic mass is 10.2. The molecule has 0 spiro atoms. The molecule has 0 aromatic rings. The zero-order valence-corrected chi connectivity index (χ0v) is 41.0. The van der Waals surface area contributed by atoms with Gasteiger partial charge in [-0.2, -0.15) is 0 Å². The minimum atomic E-state index is -3.48. The monoisotopic (exact) mass is 968 g/mol. The maximum Gasteiger partial charge on any atom is 0.238 e. The Labute approximate surface area is 365 Å². The minimum absolute atomic E-state index is 0.156. The molecule has 5 aliphatic carbocycles. The molecule has 9 fully saturated rings. The van der Waals surface area contributed by atoms with E-state index >= 15 is 0 Å². The number of hydrogen-bond acceptors (Lipinski definition) is 14. The van der Waals surface area contributed by atoms with Crippen molar-refractivity contribution in [1.29, 1.82) is 0 Å². The van der Waals surface area contributed by atoms with E-state index in [0.29, 0.717) is 42.0 Å². The molecular formula is C39H66BrClO10S5. The van der Waals surface area contributed by atoms with Crippen LogP contribution in [0, 0.1) is 0 Å². The molecule has 56 heavy (non-hydrogen) atoms. The van der Waals surface area contributed by atoms with Gasteiger partial charge in [-0.3, -0.25) is 0 Å². The summed E-state index contributed by atoms with van der Waals surface area (Å²) in [6.07, 6.45) is 15.8. The van der Waals surface area contributed by atoms with Gasteiger partial charge in [0.25, 0.3) is 0 Å². The third kappa shape index (κ3) is 15.3. The fourth-order valence-electron chi connectivity index (χ4n) is 6.95. The molecule has 4 saturated heterocycles. The molecule has 17 heteroatoms. The molecule has 4 atom stereocenters. The van der Waals surface area contributed by atoms with Crippen molar-refractivity contribution < 1.29 is 46.3 Å². The third-order valence-electron chi connectivity index (χ3n) is 11.0. The molecule has 0 radical (unpaired) electrons. The van der Waals surface area contributed by atoms with Crippen LogP contribution in [0.1, 0.15) is 139 Å². The fraction of sp³-hybridized carbons (Fsp3) is 1.00. The van der Waals surface area contributed by atoms with Crippen LogP contribution in [0.25, 0.3) is 0 Å². The number of ether oxygens (including phenoxy) is 8. The molecule has 5 saturated carbocycles. The van der Waals surface area contributed by atoms with Crippen molar-refractivity contribution >= 4 is 78.8 Å². The van der Waals surface area contributed by atoms with E-state index in [1.165, 1.54) is 51.4 Å². The predicted molar refractivity (Wildman–Crippen MR) is 234 cm³/mol. The highest BCUT2D eigenvalue weighted by Crippen LogP contribution is 2.66. The van der Waals surface area contributed by atoms with Gasteiger partial charge >= 0.3 is 0 Å². The molecule has 0 N–H and O–H groups in total. The van der Waals surface area contributed by atoms with Gasteiger partial charge in [0.2, 0.25) is 9.05 Å². The third-order valence-corrected chi connectivity index (χ3v) is 22.1. The van der Waals surface area contributed by atoms with Gasteiger partial charge in [-0.1, -0.05) is 59.1 Å². The molecular weight excluding hydrogens is 904 g/mol. The first-order valence-electron chi connectivity index (χ1n) is 20.5. The van der Waals surface area contributed by atoms with E-state index in [1.54, 1.807) is 0 Å².